The normalized spacial score (nSPS) is 11.6. The molecule has 0 fully saturated rings. The van der Waals surface area contributed by atoms with Crippen LogP contribution < -0.4 is 5.43 Å². The second kappa shape index (κ2) is 5.89. The van der Waals surface area contributed by atoms with Gasteiger partial charge in [-0.1, -0.05) is 0 Å². The number of alkyl halides is 3. The number of nitriles is 1. The largest absolute Gasteiger partial charge is 0.417 e. The van der Waals surface area contributed by atoms with E-state index in [1.165, 1.54) is 12.3 Å². The van der Waals surface area contributed by atoms with E-state index >= 15 is 0 Å². The molecule has 2 aromatic heterocycles. The average Bonchev–Trinajstić information content (AvgIpc) is 2.75. The highest BCUT2D eigenvalue weighted by Crippen LogP contribution is 2.28. The van der Waals surface area contributed by atoms with Crippen LogP contribution in [0, 0.1) is 18.3 Å². The molecule has 0 aliphatic carbocycles. The van der Waals surface area contributed by atoms with Crippen LogP contribution in [0.1, 0.15) is 22.5 Å². The third-order valence-corrected chi connectivity index (χ3v) is 3.16. The molecule has 5 nitrogen and oxygen atoms in total. The van der Waals surface area contributed by atoms with Gasteiger partial charge in [0.25, 0.3) is 0 Å². The fourth-order valence-corrected chi connectivity index (χ4v) is 1.76. The molecular weight excluding hydrogens is 295 g/mol. The maximum absolute atomic E-state index is 12.4. The van der Waals surface area contributed by atoms with E-state index < -0.39 is 11.7 Å². The summed E-state index contributed by atoms with van der Waals surface area (Å²) in [5.41, 5.74) is 3.80. The monoisotopic (exact) mass is 307 g/mol. The Balaban J connectivity index is 2.09. The van der Waals surface area contributed by atoms with Gasteiger partial charge >= 0.3 is 6.18 Å². The van der Waals surface area contributed by atoms with E-state index in [4.69, 9.17) is 5.26 Å². The summed E-state index contributed by atoms with van der Waals surface area (Å²) in [5, 5.41) is 12.8. The van der Waals surface area contributed by atoms with Gasteiger partial charge in [-0.25, -0.2) is 4.98 Å². The number of pyridine rings is 1. The highest BCUT2D eigenvalue weighted by Gasteiger charge is 2.30. The molecule has 0 amide bonds. The lowest BCUT2D eigenvalue weighted by molar-refractivity contribution is -0.137. The number of rotatable bonds is 3. The van der Waals surface area contributed by atoms with E-state index in [0.717, 1.165) is 23.5 Å². The third kappa shape index (κ3) is 3.25. The van der Waals surface area contributed by atoms with Gasteiger partial charge in [0.05, 0.1) is 11.8 Å². The summed E-state index contributed by atoms with van der Waals surface area (Å²) in [6.45, 7) is 1.83. The first-order valence-corrected chi connectivity index (χ1v) is 6.21. The molecular formula is C14H12F3N5. The number of nitrogens with one attached hydrogen (secondary N) is 1. The first kappa shape index (κ1) is 15.6. The molecule has 0 spiro atoms. The van der Waals surface area contributed by atoms with Crippen molar-refractivity contribution in [3.8, 4) is 6.07 Å². The molecule has 0 saturated carbocycles. The van der Waals surface area contributed by atoms with E-state index in [1.54, 1.807) is 17.7 Å². The Kier molecular flexibility index (Phi) is 4.17. The Labute approximate surface area is 124 Å². The van der Waals surface area contributed by atoms with Crippen LogP contribution in [0.3, 0.4) is 0 Å². The second-order valence-corrected chi connectivity index (χ2v) is 4.54. The van der Waals surface area contributed by atoms with Gasteiger partial charge in [-0.2, -0.15) is 23.5 Å². The van der Waals surface area contributed by atoms with Gasteiger partial charge in [0.2, 0.25) is 0 Å². The Bertz CT molecular complexity index is 736. The van der Waals surface area contributed by atoms with Crippen molar-refractivity contribution in [2.45, 2.75) is 13.1 Å². The van der Waals surface area contributed by atoms with Crippen LogP contribution in [-0.4, -0.2) is 15.8 Å². The van der Waals surface area contributed by atoms with Gasteiger partial charge in [-0.3, -0.25) is 5.43 Å². The minimum absolute atomic E-state index is 0.193. The SMILES string of the molecule is Cc1c(/C=N\Nc2ccc(C(F)(F)F)cn2)cc(C#N)n1C. The number of hydrogen-bond donors (Lipinski definition) is 1. The molecule has 0 aromatic carbocycles. The molecule has 0 bridgehead atoms. The molecule has 8 heteroatoms. The number of nitrogens with zero attached hydrogens (tertiary/aromatic N) is 4. The molecule has 0 aliphatic heterocycles. The van der Waals surface area contributed by atoms with Gasteiger partial charge in [-0.15, -0.1) is 0 Å². The fourth-order valence-electron chi connectivity index (χ4n) is 1.76. The number of halogens is 3. The summed E-state index contributed by atoms with van der Waals surface area (Å²) < 4.78 is 38.9. The fraction of sp³-hybridized carbons (Fsp3) is 0.214. The lowest BCUT2D eigenvalue weighted by atomic mass is 10.3. The zero-order valence-corrected chi connectivity index (χ0v) is 11.8. The topological polar surface area (TPSA) is 66.0 Å². The Hall–Kier alpha value is -2.82. The Morgan fingerprint density at radius 2 is 2.14 bits per heavy atom. The van der Waals surface area contributed by atoms with E-state index in [2.05, 4.69) is 15.5 Å². The van der Waals surface area contributed by atoms with E-state index in [1.807, 2.05) is 13.0 Å². The van der Waals surface area contributed by atoms with Crippen LogP contribution in [0.15, 0.2) is 29.5 Å². The standard InChI is InChI=1S/C14H12F3N5/c1-9-10(5-12(6-18)22(9)2)7-20-21-13-4-3-11(8-19-13)14(15,16)17/h3-5,7-8H,1-2H3,(H,19,21)/b20-7-. The molecule has 22 heavy (non-hydrogen) atoms. The third-order valence-electron chi connectivity index (χ3n) is 3.16. The van der Waals surface area contributed by atoms with Crippen molar-refractivity contribution in [2.24, 2.45) is 12.1 Å². The van der Waals surface area contributed by atoms with Crippen LogP contribution in [0.2, 0.25) is 0 Å². The van der Waals surface area contributed by atoms with Crippen molar-refractivity contribution in [1.82, 2.24) is 9.55 Å². The van der Waals surface area contributed by atoms with Crippen molar-refractivity contribution < 1.29 is 13.2 Å². The molecule has 2 aromatic rings. The minimum atomic E-state index is -4.41. The molecule has 0 radical (unpaired) electrons. The quantitative estimate of drug-likeness (QED) is 0.700. The number of hydrogen-bond acceptors (Lipinski definition) is 4. The highest BCUT2D eigenvalue weighted by atomic mass is 19.4. The van der Waals surface area contributed by atoms with Crippen LogP contribution >= 0.6 is 0 Å². The van der Waals surface area contributed by atoms with Crippen molar-refractivity contribution in [1.29, 1.82) is 5.26 Å². The van der Waals surface area contributed by atoms with Crippen molar-refractivity contribution in [2.75, 3.05) is 5.43 Å². The zero-order valence-electron chi connectivity index (χ0n) is 11.8. The van der Waals surface area contributed by atoms with Gasteiger partial charge < -0.3 is 4.57 Å². The second-order valence-electron chi connectivity index (χ2n) is 4.54. The van der Waals surface area contributed by atoms with E-state index in [-0.39, 0.29) is 5.82 Å². The molecule has 0 atom stereocenters. The summed E-state index contributed by atoms with van der Waals surface area (Å²) >= 11 is 0. The molecule has 1 N–H and O–H groups in total. The van der Waals surface area contributed by atoms with Crippen molar-refractivity contribution in [3.05, 3.63) is 46.9 Å². The summed E-state index contributed by atoms with van der Waals surface area (Å²) in [4.78, 5) is 3.64. The number of hydrazone groups is 1. The van der Waals surface area contributed by atoms with Crippen LogP contribution in [0.5, 0.6) is 0 Å². The minimum Gasteiger partial charge on any atom is -0.339 e. The molecule has 0 aliphatic rings. The van der Waals surface area contributed by atoms with Gasteiger partial charge in [-0.05, 0) is 25.1 Å². The van der Waals surface area contributed by atoms with Gasteiger partial charge in [0.1, 0.15) is 17.6 Å². The molecule has 2 rings (SSSR count). The zero-order chi connectivity index (χ0) is 16.3. The first-order chi connectivity index (χ1) is 10.3. The molecule has 114 valence electrons. The van der Waals surface area contributed by atoms with Crippen LogP contribution in [0.4, 0.5) is 19.0 Å². The lowest BCUT2D eigenvalue weighted by Gasteiger charge is -2.06. The number of anilines is 1. The summed E-state index contributed by atoms with van der Waals surface area (Å²) in [5.74, 6) is 0.193. The van der Waals surface area contributed by atoms with Crippen molar-refractivity contribution >= 4 is 12.0 Å². The smallest absolute Gasteiger partial charge is 0.339 e. The lowest BCUT2D eigenvalue weighted by Crippen LogP contribution is -2.05. The van der Waals surface area contributed by atoms with Gasteiger partial charge in [0.15, 0.2) is 0 Å². The van der Waals surface area contributed by atoms with Gasteiger partial charge in [0, 0.05) is 24.5 Å². The highest BCUT2D eigenvalue weighted by molar-refractivity contribution is 5.82. The molecule has 2 heterocycles. The summed E-state index contributed by atoms with van der Waals surface area (Å²) in [7, 11) is 1.76. The average molecular weight is 307 g/mol. The van der Waals surface area contributed by atoms with Crippen molar-refractivity contribution in [3.63, 3.8) is 0 Å². The maximum atomic E-state index is 12.4. The summed E-state index contributed by atoms with van der Waals surface area (Å²) in [6.07, 6.45) is -2.20. The predicted octanol–water partition coefficient (Wildman–Crippen LogP) is 3.07. The first-order valence-electron chi connectivity index (χ1n) is 6.21. The Morgan fingerprint density at radius 1 is 1.41 bits per heavy atom. The van der Waals surface area contributed by atoms with Crippen LogP contribution in [0.25, 0.3) is 0 Å². The molecule has 0 unspecified atom stereocenters. The maximum Gasteiger partial charge on any atom is 0.417 e. The Morgan fingerprint density at radius 3 is 2.64 bits per heavy atom. The van der Waals surface area contributed by atoms with Crippen LogP contribution in [-0.2, 0) is 13.2 Å². The van der Waals surface area contributed by atoms with E-state index in [9.17, 15) is 13.2 Å². The summed E-state index contributed by atoms with van der Waals surface area (Å²) in [6, 6.07) is 5.83. The number of aromatic nitrogens is 2. The predicted molar refractivity (Wildman–Crippen MR) is 75.3 cm³/mol. The van der Waals surface area contributed by atoms with E-state index in [0.29, 0.717) is 5.69 Å². The molecule has 0 saturated heterocycles.